The van der Waals surface area contributed by atoms with E-state index in [1.807, 2.05) is 41.8 Å². The van der Waals surface area contributed by atoms with E-state index in [-0.39, 0.29) is 12.3 Å². The van der Waals surface area contributed by atoms with Crippen LogP contribution in [0.2, 0.25) is 0 Å². The first kappa shape index (κ1) is 11.6. The first-order chi connectivity index (χ1) is 9.25. The smallest absolute Gasteiger partial charge is 0.184 e. The maximum atomic E-state index is 12.3. The molecular formula is C15H13N3O. The van der Waals surface area contributed by atoms with Crippen molar-refractivity contribution in [2.45, 2.75) is 13.5 Å². The van der Waals surface area contributed by atoms with Gasteiger partial charge in [-0.3, -0.25) is 9.78 Å². The van der Waals surface area contributed by atoms with Crippen LogP contribution in [0.25, 0.3) is 11.0 Å². The van der Waals surface area contributed by atoms with E-state index in [1.165, 1.54) is 0 Å². The lowest BCUT2D eigenvalue weighted by Crippen LogP contribution is -2.11. The van der Waals surface area contributed by atoms with Gasteiger partial charge in [-0.25, -0.2) is 4.98 Å². The predicted molar refractivity (Wildman–Crippen MR) is 73.0 cm³/mol. The van der Waals surface area contributed by atoms with Gasteiger partial charge in [0.1, 0.15) is 0 Å². The van der Waals surface area contributed by atoms with E-state index < -0.39 is 0 Å². The van der Waals surface area contributed by atoms with Crippen molar-refractivity contribution >= 4 is 16.8 Å². The molecule has 0 aliphatic carbocycles. The van der Waals surface area contributed by atoms with Crippen LogP contribution in [-0.2, 0) is 6.54 Å². The number of carbonyl (C=O) groups is 1. The van der Waals surface area contributed by atoms with Crippen LogP contribution >= 0.6 is 0 Å². The minimum atomic E-state index is 0.0498. The largest absolute Gasteiger partial charge is 0.323 e. The van der Waals surface area contributed by atoms with Crippen molar-refractivity contribution in [1.29, 1.82) is 0 Å². The molecule has 0 saturated heterocycles. The third kappa shape index (κ3) is 2.12. The molecule has 0 spiro atoms. The highest BCUT2D eigenvalue weighted by molar-refractivity contribution is 5.97. The van der Waals surface area contributed by atoms with E-state index in [2.05, 4.69) is 9.97 Å². The molecule has 0 amide bonds. The molecule has 0 radical (unpaired) electrons. The number of benzene rings is 1. The van der Waals surface area contributed by atoms with E-state index >= 15 is 0 Å². The Kier molecular flexibility index (Phi) is 2.83. The average Bonchev–Trinajstić information content (AvgIpc) is 2.83. The van der Waals surface area contributed by atoms with Crippen LogP contribution < -0.4 is 0 Å². The molecule has 94 valence electrons. The van der Waals surface area contributed by atoms with Crippen molar-refractivity contribution in [2.24, 2.45) is 0 Å². The number of rotatable bonds is 3. The summed E-state index contributed by atoms with van der Waals surface area (Å²) < 4.78 is 1.87. The third-order valence-corrected chi connectivity index (χ3v) is 3.18. The molecule has 3 rings (SSSR count). The van der Waals surface area contributed by atoms with E-state index in [0.29, 0.717) is 5.56 Å². The van der Waals surface area contributed by atoms with Gasteiger partial charge in [0, 0.05) is 18.0 Å². The summed E-state index contributed by atoms with van der Waals surface area (Å²) >= 11 is 0. The van der Waals surface area contributed by atoms with Crippen LogP contribution in [0.15, 0.2) is 49.1 Å². The zero-order valence-electron chi connectivity index (χ0n) is 10.6. The molecule has 19 heavy (non-hydrogen) atoms. The van der Waals surface area contributed by atoms with E-state index in [4.69, 9.17) is 0 Å². The lowest BCUT2D eigenvalue weighted by molar-refractivity contribution is 0.0972. The molecule has 4 nitrogen and oxygen atoms in total. The summed E-state index contributed by atoms with van der Waals surface area (Å²) in [6, 6.07) is 9.63. The molecular weight excluding hydrogens is 238 g/mol. The summed E-state index contributed by atoms with van der Waals surface area (Å²) in [4.78, 5) is 20.6. The Hall–Kier alpha value is -2.49. The molecule has 3 aromatic rings. The van der Waals surface area contributed by atoms with Crippen molar-refractivity contribution in [3.63, 3.8) is 0 Å². The number of pyridine rings is 1. The Labute approximate surface area is 110 Å². The van der Waals surface area contributed by atoms with E-state index in [0.717, 1.165) is 16.6 Å². The molecule has 0 atom stereocenters. The molecule has 0 unspecified atom stereocenters. The standard InChI is InChI=1S/C15H13N3O/c1-11-6-7-16-8-12(11)15(19)9-18-10-17-13-4-2-3-5-14(13)18/h2-8,10H,9H2,1H3. The summed E-state index contributed by atoms with van der Waals surface area (Å²) in [7, 11) is 0. The fourth-order valence-electron chi connectivity index (χ4n) is 2.13. The fraction of sp³-hybridized carbons (Fsp3) is 0.133. The Bertz CT molecular complexity index is 746. The quantitative estimate of drug-likeness (QED) is 0.672. The number of para-hydroxylation sites is 2. The first-order valence-electron chi connectivity index (χ1n) is 6.09. The summed E-state index contributed by atoms with van der Waals surface area (Å²) in [5, 5.41) is 0. The number of aromatic nitrogens is 3. The van der Waals surface area contributed by atoms with E-state index in [9.17, 15) is 4.79 Å². The van der Waals surface area contributed by atoms with Crippen molar-refractivity contribution in [1.82, 2.24) is 14.5 Å². The van der Waals surface area contributed by atoms with Gasteiger partial charge in [-0.15, -0.1) is 0 Å². The molecule has 2 heterocycles. The summed E-state index contributed by atoms with van der Waals surface area (Å²) in [6.45, 7) is 2.20. The molecule has 0 fully saturated rings. The first-order valence-corrected chi connectivity index (χ1v) is 6.09. The van der Waals surface area contributed by atoms with Crippen molar-refractivity contribution < 1.29 is 4.79 Å². The third-order valence-electron chi connectivity index (χ3n) is 3.18. The molecule has 0 aliphatic rings. The van der Waals surface area contributed by atoms with Gasteiger partial charge in [0.2, 0.25) is 0 Å². The molecule has 2 aromatic heterocycles. The summed E-state index contributed by atoms with van der Waals surface area (Å²) in [6.07, 6.45) is 5.02. The molecule has 1 aromatic carbocycles. The van der Waals surface area contributed by atoms with Gasteiger partial charge < -0.3 is 4.57 Å². The normalized spacial score (nSPS) is 10.8. The SMILES string of the molecule is Cc1ccncc1C(=O)Cn1cnc2ccccc21. The van der Waals surface area contributed by atoms with Gasteiger partial charge in [-0.2, -0.15) is 0 Å². The number of fused-ring (bicyclic) bond motifs is 1. The Morgan fingerprint density at radius 2 is 2.11 bits per heavy atom. The second-order valence-corrected chi connectivity index (χ2v) is 4.47. The minimum Gasteiger partial charge on any atom is -0.323 e. The highest BCUT2D eigenvalue weighted by Gasteiger charge is 2.11. The zero-order valence-corrected chi connectivity index (χ0v) is 10.6. The second kappa shape index (κ2) is 4.65. The van der Waals surface area contributed by atoms with Gasteiger partial charge >= 0.3 is 0 Å². The highest BCUT2D eigenvalue weighted by atomic mass is 16.1. The fourth-order valence-corrected chi connectivity index (χ4v) is 2.13. The monoisotopic (exact) mass is 251 g/mol. The van der Waals surface area contributed by atoms with Crippen LogP contribution in [0.4, 0.5) is 0 Å². The van der Waals surface area contributed by atoms with Gasteiger partial charge in [-0.1, -0.05) is 12.1 Å². The van der Waals surface area contributed by atoms with Crippen LogP contribution in [0, 0.1) is 6.92 Å². The lowest BCUT2D eigenvalue weighted by Gasteiger charge is -2.05. The lowest BCUT2D eigenvalue weighted by atomic mass is 10.1. The van der Waals surface area contributed by atoms with Gasteiger partial charge in [0.15, 0.2) is 5.78 Å². The molecule has 0 N–H and O–H groups in total. The maximum Gasteiger partial charge on any atom is 0.184 e. The zero-order chi connectivity index (χ0) is 13.2. The van der Waals surface area contributed by atoms with Crippen LogP contribution in [-0.4, -0.2) is 20.3 Å². The second-order valence-electron chi connectivity index (χ2n) is 4.47. The molecule has 4 heteroatoms. The van der Waals surface area contributed by atoms with E-state index in [1.54, 1.807) is 18.7 Å². The van der Waals surface area contributed by atoms with Crippen molar-refractivity contribution in [3.05, 3.63) is 60.2 Å². The topological polar surface area (TPSA) is 47.8 Å². The highest BCUT2D eigenvalue weighted by Crippen LogP contribution is 2.14. The van der Waals surface area contributed by atoms with Gasteiger partial charge in [0.05, 0.1) is 23.9 Å². The van der Waals surface area contributed by atoms with Crippen molar-refractivity contribution in [3.8, 4) is 0 Å². The number of aryl methyl sites for hydroxylation is 1. The van der Waals surface area contributed by atoms with Gasteiger partial charge in [-0.05, 0) is 30.7 Å². The number of hydrogen-bond donors (Lipinski definition) is 0. The summed E-state index contributed by atoms with van der Waals surface area (Å²) in [5.74, 6) is 0.0498. The molecule has 0 saturated carbocycles. The van der Waals surface area contributed by atoms with Gasteiger partial charge in [0.25, 0.3) is 0 Å². The number of carbonyl (C=O) groups excluding carboxylic acids is 1. The number of Topliss-reactive ketones (excluding diaryl/α,β-unsaturated/α-hetero) is 1. The number of nitrogens with zero attached hydrogens (tertiary/aromatic N) is 3. The average molecular weight is 251 g/mol. The van der Waals surface area contributed by atoms with Crippen molar-refractivity contribution in [2.75, 3.05) is 0 Å². The number of imidazole rings is 1. The Morgan fingerprint density at radius 1 is 1.26 bits per heavy atom. The molecule has 0 aliphatic heterocycles. The predicted octanol–water partition coefficient (Wildman–Crippen LogP) is 2.62. The van der Waals surface area contributed by atoms with Crippen LogP contribution in [0.5, 0.6) is 0 Å². The molecule has 0 bridgehead atoms. The maximum absolute atomic E-state index is 12.3. The minimum absolute atomic E-state index is 0.0498. The number of ketones is 1. The Morgan fingerprint density at radius 3 is 2.95 bits per heavy atom. The van der Waals surface area contributed by atoms with Crippen LogP contribution in [0.1, 0.15) is 15.9 Å². The number of hydrogen-bond acceptors (Lipinski definition) is 3. The van der Waals surface area contributed by atoms with Crippen LogP contribution in [0.3, 0.4) is 0 Å². The summed E-state index contributed by atoms with van der Waals surface area (Å²) in [5.41, 5.74) is 3.49. The Balaban J connectivity index is 1.94.